The fraction of sp³-hybridized carbons (Fsp3) is 0.167. The van der Waals surface area contributed by atoms with Gasteiger partial charge in [0.25, 0.3) is 0 Å². The van der Waals surface area contributed by atoms with Crippen molar-refractivity contribution in [2.24, 2.45) is 0 Å². The normalized spacial score (nSPS) is 10.4. The third-order valence-corrected chi connectivity index (χ3v) is 3.32. The number of carbonyl (C=O) groups excluding carboxylic acids is 1. The number of hydrogen-bond donors (Lipinski definition) is 1. The van der Waals surface area contributed by atoms with E-state index in [-0.39, 0.29) is 22.4 Å². The van der Waals surface area contributed by atoms with Crippen LogP contribution in [0.4, 0.5) is 9.52 Å². The molecule has 4 nitrogen and oxygen atoms in total. The van der Waals surface area contributed by atoms with Crippen molar-refractivity contribution in [2.45, 2.75) is 6.92 Å². The SMILES string of the molecule is COc1ccc(-c2sc(N)nc2C(C)=O)cc1F. The van der Waals surface area contributed by atoms with Gasteiger partial charge >= 0.3 is 0 Å². The molecule has 0 atom stereocenters. The van der Waals surface area contributed by atoms with Gasteiger partial charge in [0.2, 0.25) is 0 Å². The molecule has 2 aromatic rings. The van der Waals surface area contributed by atoms with Crippen LogP contribution in [0.25, 0.3) is 10.4 Å². The van der Waals surface area contributed by atoms with Gasteiger partial charge in [0.05, 0.1) is 12.0 Å². The van der Waals surface area contributed by atoms with E-state index in [1.807, 2.05) is 0 Å². The summed E-state index contributed by atoms with van der Waals surface area (Å²) < 4.78 is 18.5. The van der Waals surface area contributed by atoms with Crippen LogP contribution in [0, 0.1) is 5.82 Å². The number of Topliss-reactive ketones (excluding diaryl/α,β-unsaturated/α-hetero) is 1. The van der Waals surface area contributed by atoms with Crippen LogP contribution in [-0.2, 0) is 0 Å². The maximum atomic E-state index is 13.6. The zero-order valence-corrected chi connectivity index (χ0v) is 10.7. The molecule has 0 aliphatic carbocycles. The first kappa shape index (κ1) is 12.5. The van der Waals surface area contributed by atoms with Crippen molar-refractivity contribution in [2.75, 3.05) is 12.8 Å². The Labute approximate surface area is 107 Å². The number of nitrogen functional groups attached to an aromatic ring is 1. The highest BCUT2D eigenvalue weighted by Gasteiger charge is 2.16. The number of thiazole rings is 1. The third kappa shape index (κ3) is 2.19. The van der Waals surface area contributed by atoms with Crippen LogP contribution in [0.2, 0.25) is 0 Å². The molecule has 0 fully saturated rings. The number of nitrogens with two attached hydrogens (primary N) is 1. The maximum absolute atomic E-state index is 13.6. The highest BCUT2D eigenvalue weighted by molar-refractivity contribution is 7.19. The second-order valence-electron chi connectivity index (χ2n) is 3.64. The molecule has 6 heteroatoms. The minimum atomic E-state index is -0.489. The number of nitrogens with zero attached hydrogens (tertiary/aromatic N) is 1. The quantitative estimate of drug-likeness (QED) is 0.867. The molecule has 0 amide bonds. The molecule has 0 aliphatic heterocycles. The number of benzene rings is 1. The molecule has 0 unspecified atom stereocenters. The summed E-state index contributed by atoms with van der Waals surface area (Å²) in [5, 5.41) is 0.284. The number of ketones is 1. The van der Waals surface area contributed by atoms with E-state index in [0.717, 1.165) is 11.3 Å². The van der Waals surface area contributed by atoms with Gasteiger partial charge in [-0.25, -0.2) is 9.37 Å². The van der Waals surface area contributed by atoms with Crippen molar-refractivity contribution in [3.05, 3.63) is 29.7 Å². The molecule has 0 saturated heterocycles. The highest BCUT2D eigenvalue weighted by Crippen LogP contribution is 2.34. The van der Waals surface area contributed by atoms with Crippen LogP contribution in [-0.4, -0.2) is 17.9 Å². The van der Waals surface area contributed by atoms with Gasteiger partial charge in [-0.3, -0.25) is 4.79 Å². The number of anilines is 1. The standard InChI is InChI=1S/C12H11FN2O2S/c1-6(16)10-11(18-12(14)15-10)7-3-4-9(17-2)8(13)5-7/h3-5H,1-2H3,(H2,14,15). The summed E-state index contributed by atoms with van der Waals surface area (Å²) in [4.78, 5) is 16.0. The van der Waals surface area contributed by atoms with E-state index in [4.69, 9.17) is 10.5 Å². The molecular formula is C12H11FN2O2S. The molecule has 2 rings (SSSR count). The molecule has 94 valence electrons. The zero-order valence-electron chi connectivity index (χ0n) is 9.86. The fourth-order valence-electron chi connectivity index (χ4n) is 1.58. The molecule has 0 aliphatic rings. The van der Waals surface area contributed by atoms with Crippen LogP contribution in [0.3, 0.4) is 0 Å². The van der Waals surface area contributed by atoms with E-state index in [9.17, 15) is 9.18 Å². The first-order valence-corrected chi connectivity index (χ1v) is 5.95. The number of rotatable bonds is 3. The smallest absolute Gasteiger partial charge is 0.181 e. The minimum absolute atomic E-state index is 0.153. The molecular weight excluding hydrogens is 255 g/mol. The van der Waals surface area contributed by atoms with Gasteiger partial charge in [0.1, 0.15) is 5.69 Å². The predicted molar refractivity (Wildman–Crippen MR) is 68.5 cm³/mol. The van der Waals surface area contributed by atoms with Crippen LogP contribution >= 0.6 is 11.3 Å². The zero-order chi connectivity index (χ0) is 13.3. The number of carbonyl (C=O) groups is 1. The van der Waals surface area contributed by atoms with Crippen LogP contribution < -0.4 is 10.5 Å². The van der Waals surface area contributed by atoms with Crippen molar-refractivity contribution in [1.82, 2.24) is 4.98 Å². The molecule has 18 heavy (non-hydrogen) atoms. The molecule has 0 bridgehead atoms. The average molecular weight is 266 g/mol. The number of hydrogen-bond acceptors (Lipinski definition) is 5. The summed E-state index contributed by atoms with van der Waals surface area (Å²) in [5.74, 6) is -0.536. The van der Waals surface area contributed by atoms with E-state index < -0.39 is 5.82 Å². The molecule has 0 radical (unpaired) electrons. The first-order chi connectivity index (χ1) is 8.52. The number of halogens is 1. The second-order valence-corrected chi connectivity index (χ2v) is 4.67. The molecule has 2 N–H and O–H groups in total. The number of methoxy groups -OCH3 is 1. The number of aromatic nitrogens is 1. The molecule has 1 heterocycles. The Morgan fingerprint density at radius 1 is 1.50 bits per heavy atom. The molecule has 0 spiro atoms. The summed E-state index contributed by atoms with van der Waals surface area (Å²) in [6, 6.07) is 4.48. The lowest BCUT2D eigenvalue weighted by atomic mass is 10.1. The van der Waals surface area contributed by atoms with E-state index in [1.165, 1.54) is 26.2 Å². The lowest BCUT2D eigenvalue weighted by Crippen LogP contribution is -1.96. The summed E-state index contributed by atoms with van der Waals surface area (Å²) in [5.41, 5.74) is 6.41. The van der Waals surface area contributed by atoms with Crippen molar-refractivity contribution in [3.8, 4) is 16.2 Å². The summed E-state index contributed by atoms with van der Waals surface area (Å²) >= 11 is 1.16. The Hall–Kier alpha value is -1.95. The van der Waals surface area contributed by atoms with Gasteiger partial charge in [-0.05, 0) is 23.8 Å². The van der Waals surface area contributed by atoms with Gasteiger partial charge in [0, 0.05) is 6.92 Å². The van der Waals surface area contributed by atoms with E-state index >= 15 is 0 Å². The Balaban J connectivity index is 2.55. The fourth-order valence-corrected chi connectivity index (χ4v) is 2.46. The Bertz CT molecular complexity index is 610. The van der Waals surface area contributed by atoms with Crippen LogP contribution in [0.15, 0.2) is 18.2 Å². The number of ether oxygens (including phenoxy) is 1. The predicted octanol–water partition coefficient (Wildman–Crippen LogP) is 2.74. The monoisotopic (exact) mass is 266 g/mol. The third-order valence-electron chi connectivity index (χ3n) is 2.39. The average Bonchev–Trinajstić information content (AvgIpc) is 2.71. The van der Waals surface area contributed by atoms with Crippen molar-refractivity contribution in [3.63, 3.8) is 0 Å². The lowest BCUT2D eigenvalue weighted by Gasteiger charge is -2.04. The second kappa shape index (κ2) is 4.73. The summed E-state index contributed by atoms with van der Waals surface area (Å²) in [7, 11) is 1.39. The van der Waals surface area contributed by atoms with Crippen molar-refractivity contribution >= 4 is 22.3 Å². The molecule has 1 aromatic carbocycles. The van der Waals surface area contributed by atoms with Gasteiger partial charge < -0.3 is 10.5 Å². The Kier molecular flexibility index (Phi) is 3.29. The lowest BCUT2D eigenvalue weighted by molar-refractivity contribution is 0.101. The highest BCUT2D eigenvalue weighted by atomic mass is 32.1. The Morgan fingerprint density at radius 3 is 2.78 bits per heavy atom. The van der Waals surface area contributed by atoms with Crippen molar-refractivity contribution in [1.29, 1.82) is 0 Å². The summed E-state index contributed by atoms with van der Waals surface area (Å²) in [6.07, 6.45) is 0. The van der Waals surface area contributed by atoms with E-state index in [0.29, 0.717) is 10.4 Å². The van der Waals surface area contributed by atoms with Gasteiger partial charge in [-0.2, -0.15) is 0 Å². The maximum Gasteiger partial charge on any atom is 0.181 e. The van der Waals surface area contributed by atoms with E-state index in [1.54, 1.807) is 6.07 Å². The van der Waals surface area contributed by atoms with Crippen LogP contribution in [0.5, 0.6) is 5.75 Å². The van der Waals surface area contributed by atoms with E-state index in [2.05, 4.69) is 4.98 Å². The largest absolute Gasteiger partial charge is 0.494 e. The van der Waals surface area contributed by atoms with Gasteiger partial charge in [0.15, 0.2) is 22.5 Å². The minimum Gasteiger partial charge on any atom is -0.494 e. The summed E-state index contributed by atoms with van der Waals surface area (Å²) in [6.45, 7) is 1.40. The topological polar surface area (TPSA) is 65.2 Å². The van der Waals surface area contributed by atoms with Gasteiger partial charge in [-0.15, -0.1) is 0 Å². The van der Waals surface area contributed by atoms with Crippen LogP contribution in [0.1, 0.15) is 17.4 Å². The first-order valence-electron chi connectivity index (χ1n) is 5.14. The Morgan fingerprint density at radius 2 is 2.22 bits per heavy atom. The molecule has 1 aromatic heterocycles. The molecule has 0 saturated carbocycles. The van der Waals surface area contributed by atoms with Crippen molar-refractivity contribution < 1.29 is 13.9 Å². The van der Waals surface area contributed by atoms with Gasteiger partial charge in [-0.1, -0.05) is 11.3 Å².